The first-order valence-electron chi connectivity index (χ1n) is 12.8. The van der Waals surface area contributed by atoms with Crippen LogP contribution in [0.4, 0.5) is 11.5 Å². The molecular formula is C27H34N8S. The Morgan fingerprint density at radius 3 is 2.61 bits per heavy atom. The quantitative estimate of drug-likeness (QED) is 0.193. The molecule has 0 radical (unpaired) electrons. The summed E-state index contributed by atoms with van der Waals surface area (Å²) in [4.78, 5) is 29.5. The summed E-state index contributed by atoms with van der Waals surface area (Å²) in [5, 5.41) is 0. The average Bonchev–Trinajstić information content (AvgIpc) is 3.77. The average molecular weight is 503 g/mol. The molecule has 2 saturated carbocycles. The molecule has 0 saturated heterocycles. The van der Waals surface area contributed by atoms with Gasteiger partial charge >= 0.3 is 0 Å². The molecule has 0 amide bonds. The third-order valence-electron chi connectivity index (χ3n) is 6.70. The Bertz CT molecular complexity index is 1240. The molecule has 3 aromatic heterocycles. The molecule has 188 valence electrons. The van der Waals surface area contributed by atoms with Gasteiger partial charge in [-0.15, -0.1) is 11.8 Å². The van der Waals surface area contributed by atoms with Crippen LogP contribution in [0.3, 0.4) is 0 Å². The lowest BCUT2D eigenvalue weighted by Crippen LogP contribution is -2.23. The number of anilines is 1. The van der Waals surface area contributed by atoms with E-state index in [1.165, 1.54) is 17.7 Å². The van der Waals surface area contributed by atoms with Crippen molar-refractivity contribution in [1.82, 2.24) is 30.3 Å². The summed E-state index contributed by atoms with van der Waals surface area (Å²) in [6.45, 7) is 8.92. The van der Waals surface area contributed by atoms with E-state index in [1.54, 1.807) is 18.1 Å². The largest absolute Gasteiger partial charge is 0.303 e. The maximum absolute atomic E-state index is 4.94. The van der Waals surface area contributed by atoms with Crippen molar-refractivity contribution in [3.05, 3.63) is 47.4 Å². The fraction of sp³-hybridized carbons (Fsp3) is 0.481. The molecule has 3 heterocycles. The van der Waals surface area contributed by atoms with Crippen LogP contribution in [-0.2, 0) is 6.54 Å². The van der Waals surface area contributed by atoms with Gasteiger partial charge in [-0.1, -0.05) is 13.8 Å². The number of aromatic nitrogens is 5. The van der Waals surface area contributed by atoms with Crippen LogP contribution in [0.1, 0.15) is 68.2 Å². The highest BCUT2D eigenvalue weighted by atomic mass is 32.2. The maximum Gasteiger partial charge on any atom is 0.170 e. The van der Waals surface area contributed by atoms with Crippen molar-refractivity contribution < 1.29 is 0 Å². The molecule has 5 rings (SSSR count). The van der Waals surface area contributed by atoms with Crippen LogP contribution in [0.15, 0.2) is 34.5 Å². The summed E-state index contributed by atoms with van der Waals surface area (Å²) in [5.74, 6) is 3.99. The highest BCUT2D eigenvalue weighted by Gasteiger charge is 2.31. The molecule has 8 nitrogen and oxygen atoms in total. The third-order valence-corrected chi connectivity index (χ3v) is 7.56. The molecule has 1 atom stereocenters. The molecule has 36 heavy (non-hydrogen) atoms. The summed E-state index contributed by atoms with van der Waals surface area (Å²) in [6, 6.07) is 4.16. The molecule has 0 aromatic carbocycles. The van der Waals surface area contributed by atoms with Crippen molar-refractivity contribution in [3.8, 4) is 11.4 Å². The predicted octanol–water partition coefficient (Wildman–Crippen LogP) is 5.80. The van der Waals surface area contributed by atoms with Gasteiger partial charge in [0.15, 0.2) is 11.6 Å². The number of pyridine rings is 1. The number of aliphatic imine (C=N–C) groups is 1. The second kappa shape index (κ2) is 11.0. The van der Waals surface area contributed by atoms with Crippen molar-refractivity contribution in [1.29, 1.82) is 0 Å². The number of nitrogens with zero attached hydrogens (tertiary/aromatic N) is 6. The molecule has 3 aromatic rings. The molecular weight excluding hydrogens is 468 g/mol. The highest BCUT2D eigenvalue weighted by molar-refractivity contribution is 7.99. The Morgan fingerprint density at radius 2 is 1.92 bits per heavy atom. The Kier molecular flexibility index (Phi) is 7.57. The van der Waals surface area contributed by atoms with Crippen LogP contribution in [0.5, 0.6) is 0 Å². The number of aryl methyl sites for hydroxylation is 2. The SMILES string of the molecule is CCSc1ccc(CNNc2nc(-c3c(C)ncnc3C3CC3)nc(C)c2N=CC(C)C2CC2)nc1. The van der Waals surface area contributed by atoms with Crippen LogP contribution in [-0.4, -0.2) is 36.9 Å². The number of hydrazine groups is 1. The fourth-order valence-corrected chi connectivity index (χ4v) is 4.90. The topological polar surface area (TPSA) is 101 Å². The molecule has 9 heteroatoms. The molecule has 2 N–H and O–H groups in total. The van der Waals surface area contributed by atoms with Gasteiger partial charge in [0.2, 0.25) is 0 Å². The van der Waals surface area contributed by atoms with E-state index in [4.69, 9.17) is 15.0 Å². The van der Waals surface area contributed by atoms with E-state index in [9.17, 15) is 0 Å². The predicted molar refractivity (Wildman–Crippen MR) is 146 cm³/mol. The van der Waals surface area contributed by atoms with Crippen molar-refractivity contribution in [2.45, 2.75) is 70.7 Å². The van der Waals surface area contributed by atoms with E-state index in [0.717, 1.165) is 58.5 Å². The highest BCUT2D eigenvalue weighted by Crippen LogP contribution is 2.44. The minimum Gasteiger partial charge on any atom is -0.303 e. The van der Waals surface area contributed by atoms with Gasteiger partial charge in [-0.05, 0) is 69.3 Å². The molecule has 2 aliphatic rings. The summed E-state index contributed by atoms with van der Waals surface area (Å²) in [5.41, 5.74) is 12.0. The zero-order valence-electron chi connectivity index (χ0n) is 21.5. The van der Waals surface area contributed by atoms with Gasteiger partial charge in [0.25, 0.3) is 0 Å². The Hall–Kier alpha value is -2.91. The number of rotatable bonds is 11. The van der Waals surface area contributed by atoms with Crippen molar-refractivity contribution in [3.63, 3.8) is 0 Å². The lowest BCUT2D eigenvalue weighted by Gasteiger charge is -2.15. The first-order chi connectivity index (χ1) is 17.5. The van der Waals surface area contributed by atoms with Crippen LogP contribution < -0.4 is 10.9 Å². The van der Waals surface area contributed by atoms with Gasteiger partial charge in [0.1, 0.15) is 12.0 Å². The molecule has 0 aliphatic heterocycles. The van der Waals surface area contributed by atoms with Gasteiger partial charge in [-0.25, -0.2) is 25.4 Å². The van der Waals surface area contributed by atoms with Gasteiger partial charge < -0.3 is 5.43 Å². The summed E-state index contributed by atoms with van der Waals surface area (Å²) in [7, 11) is 0. The minimum atomic E-state index is 0.444. The van der Waals surface area contributed by atoms with Crippen LogP contribution >= 0.6 is 11.8 Å². The fourth-order valence-electron chi connectivity index (χ4n) is 4.28. The summed E-state index contributed by atoms with van der Waals surface area (Å²) >= 11 is 1.79. The molecule has 1 unspecified atom stereocenters. The smallest absolute Gasteiger partial charge is 0.170 e. The van der Waals surface area contributed by atoms with Gasteiger partial charge in [-0.2, -0.15) is 0 Å². The van der Waals surface area contributed by atoms with E-state index in [0.29, 0.717) is 30.0 Å². The Balaban J connectivity index is 1.42. The zero-order valence-corrected chi connectivity index (χ0v) is 22.3. The lowest BCUT2D eigenvalue weighted by atomic mass is 10.1. The van der Waals surface area contributed by atoms with Crippen LogP contribution in [0, 0.1) is 25.7 Å². The molecule has 2 fully saturated rings. The number of thioether (sulfide) groups is 1. The summed E-state index contributed by atoms with van der Waals surface area (Å²) < 4.78 is 0. The standard InChI is InChI=1S/C27H34N8S/c1-5-36-22-11-10-21(28-14-22)13-32-35-27-24(29-12-16(2)19-6-7-19)18(4)33-26(34-27)23-17(3)30-15-31-25(23)20-8-9-20/h10-12,14-16,19-20,32H,5-9,13H2,1-4H3,(H,33,34,35). The van der Waals surface area contributed by atoms with Gasteiger partial charge in [-0.3, -0.25) is 9.98 Å². The second-order valence-electron chi connectivity index (χ2n) is 9.69. The van der Waals surface area contributed by atoms with E-state index >= 15 is 0 Å². The zero-order chi connectivity index (χ0) is 25.1. The van der Waals surface area contributed by atoms with E-state index in [1.807, 2.05) is 32.3 Å². The van der Waals surface area contributed by atoms with Crippen molar-refractivity contribution in [2.24, 2.45) is 16.8 Å². The molecule has 0 spiro atoms. The molecule has 2 aliphatic carbocycles. The van der Waals surface area contributed by atoms with Crippen molar-refractivity contribution >= 4 is 29.5 Å². The number of nitrogens with one attached hydrogen (secondary N) is 2. The summed E-state index contributed by atoms with van der Waals surface area (Å²) in [6.07, 6.45) is 10.5. The third kappa shape index (κ3) is 5.90. The second-order valence-corrected chi connectivity index (χ2v) is 11.0. The maximum atomic E-state index is 4.94. The van der Waals surface area contributed by atoms with E-state index < -0.39 is 0 Å². The minimum absolute atomic E-state index is 0.444. The van der Waals surface area contributed by atoms with Crippen molar-refractivity contribution in [2.75, 3.05) is 11.2 Å². The van der Waals surface area contributed by atoms with Crippen LogP contribution in [0.2, 0.25) is 0 Å². The first-order valence-corrected chi connectivity index (χ1v) is 13.8. The van der Waals surface area contributed by atoms with Gasteiger partial charge in [0, 0.05) is 23.2 Å². The molecule has 0 bridgehead atoms. The van der Waals surface area contributed by atoms with E-state index in [2.05, 4.69) is 45.7 Å². The number of hydrogen-bond donors (Lipinski definition) is 2. The Labute approximate surface area is 217 Å². The monoisotopic (exact) mass is 502 g/mol. The van der Waals surface area contributed by atoms with Crippen LogP contribution in [0.25, 0.3) is 11.4 Å². The number of hydrogen-bond acceptors (Lipinski definition) is 9. The van der Waals surface area contributed by atoms with E-state index in [-0.39, 0.29) is 0 Å². The van der Waals surface area contributed by atoms with Gasteiger partial charge in [0.05, 0.1) is 34.9 Å². The normalized spacial score (nSPS) is 16.4. The Morgan fingerprint density at radius 1 is 1.08 bits per heavy atom. The first kappa shape index (κ1) is 24.8. The lowest BCUT2D eigenvalue weighted by molar-refractivity contribution is 0.679.